The molecular weight excluding hydrogens is 358 g/mol. The second-order valence-corrected chi connectivity index (χ2v) is 6.80. The highest BCUT2D eigenvalue weighted by molar-refractivity contribution is 5.83. The number of H-pyrrole nitrogens is 1. The van der Waals surface area contributed by atoms with Gasteiger partial charge in [0.05, 0.1) is 26.9 Å². The van der Waals surface area contributed by atoms with Crippen LogP contribution in [0, 0.1) is 11.3 Å². The minimum Gasteiger partial charge on any atom is -0.496 e. The highest BCUT2D eigenvalue weighted by Gasteiger charge is 2.25. The lowest BCUT2D eigenvalue weighted by molar-refractivity contribution is 0.349. The summed E-state index contributed by atoms with van der Waals surface area (Å²) in [6.07, 6.45) is 6.31. The van der Waals surface area contributed by atoms with Crippen molar-refractivity contribution in [3.63, 3.8) is 0 Å². The highest BCUT2D eigenvalue weighted by atomic mass is 16.5. The normalized spacial score (nSPS) is 14.2. The smallest absolute Gasteiger partial charge is 0.173 e. The Labute approximate surface area is 163 Å². The van der Waals surface area contributed by atoms with E-state index in [9.17, 15) is 5.26 Å². The van der Waals surface area contributed by atoms with Gasteiger partial charge in [0.15, 0.2) is 23.0 Å². The van der Waals surface area contributed by atoms with Crippen molar-refractivity contribution in [1.82, 2.24) is 14.6 Å². The number of hydrogen-bond acceptors (Lipinski definition) is 6. The number of nitriles is 1. The summed E-state index contributed by atoms with van der Waals surface area (Å²) in [5.74, 6) is 2.60. The van der Waals surface area contributed by atoms with Crippen molar-refractivity contribution in [2.24, 2.45) is 0 Å². The van der Waals surface area contributed by atoms with Gasteiger partial charge in [-0.2, -0.15) is 5.26 Å². The molecule has 0 unspecified atom stereocenters. The fraction of sp³-hybridized carbons (Fsp3) is 0.400. The summed E-state index contributed by atoms with van der Waals surface area (Å²) in [4.78, 5) is 4.77. The van der Waals surface area contributed by atoms with E-state index >= 15 is 0 Å². The van der Waals surface area contributed by atoms with Crippen molar-refractivity contribution in [2.45, 2.75) is 31.7 Å². The predicted octanol–water partition coefficient (Wildman–Crippen LogP) is 3.58. The summed E-state index contributed by atoms with van der Waals surface area (Å²) >= 11 is 0. The van der Waals surface area contributed by atoms with Crippen molar-refractivity contribution in [1.29, 1.82) is 5.26 Å². The van der Waals surface area contributed by atoms with Crippen LogP contribution in [0.1, 0.15) is 31.2 Å². The molecule has 1 aromatic carbocycles. The molecule has 1 aliphatic carbocycles. The number of anilines is 1. The fourth-order valence-electron chi connectivity index (χ4n) is 3.80. The van der Waals surface area contributed by atoms with E-state index in [1.165, 1.54) is 12.8 Å². The van der Waals surface area contributed by atoms with Gasteiger partial charge in [-0.1, -0.05) is 12.8 Å². The first kappa shape index (κ1) is 18.0. The third kappa shape index (κ3) is 2.89. The van der Waals surface area contributed by atoms with Crippen molar-refractivity contribution < 1.29 is 14.2 Å². The van der Waals surface area contributed by atoms with Crippen LogP contribution in [0.4, 0.5) is 5.82 Å². The molecule has 2 aromatic heterocycles. The lowest BCUT2D eigenvalue weighted by Gasteiger charge is -2.17. The third-order valence-electron chi connectivity index (χ3n) is 5.23. The van der Waals surface area contributed by atoms with Gasteiger partial charge in [-0.15, -0.1) is 0 Å². The first-order chi connectivity index (χ1) is 13.7. The summed E-state index contributed by atoms with van der Waals surface area (Å²) in [5, 5.41) is 16.2. The van der Waals surface area contributed by atoms with E-state index in [4.69, 9.17) is 19.2 Å². The van der Waals surface area contributed by atoms with E-state index in [0.29, 0.717) is 40.2 Å². The molecule has 3 aromatic rings. The van der Waals surface area contributed by atoms with E-state index in [0.717, 1.165) is 24.2 Å². The topological polar surface area (TPSA) is 96.6 Å². The van der Waals surface area contributed by atoms with Crippen LogP contribution in [0.3, 0.4) is 0 Å². The second kappa shape index (κ2) is 7.35. The number of ether oxygens (including phenoxy) is 3. The predicted molar refractivity (Wildman–Crippen MR) is 105 cm³/mol. The van der Waals surface area contributed by atoms with Gasteiger partial charge < -0.3 is 19.5 Å². The van der Waals surface area contributed by atoms with Gasteiger partial charge in [0.2, 0.25) is 0 Å². The first-order valence-corrected chi connectivity index (χ1v) is 9.27. The molecular formula is C20H23N5O3. The summed E-state index contributed by atoms with van der Waals surface area (Å²) < 4.78 is 18.3. The molecule has 4 rings (SSSR count). The number of nitrogens with one attached hydrogen (secondary N) is 2. The molecule has 1 fully saturated rings. The van der Waals surface area contributed by atoms with Crippen LogP contribution in [0.15, 0.2) is 18.3 Å². The number of hydrogen-bond donors (Lipinski definition) is 2. The van der Waals surface area contributed by atoms with Gasteiger partial charge in [-0.3, -0.25) is 5.10 Å². The molecule has 0 bridgehead atoms. The number of nitrogens with zero attached hydrogens (tertiary/aromatic N) is 3. The molecule has 8 nitrogen and oxygen atoms in total. The van der Waals surface area contributed by atoms with Gasteiger partial charge in [-0.25, -0.2) is 9.50 Å². The molecule has 0 spiro atoms. The average Bonchev–Trinajstić information content (AvgIpc) is 3.45. The Morgan fingerprint density at radius 1 is 1.11 bits per heavy atom. The lowest BCUT2D eigenvalue weighted by Crippen LogP contribution is -2.16. The van der Waals surface area contributed by atoms with Crippen LogP contribution in [-0.4, -0.2) is 42.0 Å². The van der Waals surface area contributed by atoms with Crippen LogP contribution < -0.4 is 19.5 Å². The minimum atomic E-state index is 0.374. The monoisotopic (exact) mass is 381 g/mol. The van der Waals surface area contributed by atoms with E-state index in [2.05, 4.69) is 16.5 Å². The van der Waals surface area contributed by atoms with Crippen LogP contribution >= 0.6 is 0 Å². The zero-order chi connectivity index (χ0) is 19.7. The SMILES string of the molecule is COc1cc(OC)c(-c2nc3c(C#N)c[nH]n3c2NC2CCCC2)cc1OC. The molecule has 146 valence electrons. The largest absolute Gasteiger partial charge is 0.496 e. The molecule has 0 aliphatic heterocycles. The number of aromatic amines is 1. The number of methoxy groups -OCH3 is 3. The number of rotatable bonds is 6. The van der Waals surface area contributed by atoms with E-state index in [1.54, 1.807) is 33.6 Å². The average molecular weight is 381 g/mol. The third-order valence-corrected chi connectivity index (χ3v) is 5.23. The number of benzene rings is 1. The first-order valence-electron chi connectivity index (χ1n) is 9.27. The molecule has 28 heavy (non-hydrogen) atoms. The summed E-state index contributed by atoms with van der Waals surface area (Å²) in [6.45, 7) is 0. The van der Waals surface area contributed by atoms with Crippen LogP contribution in [0.2, 0.25) is 0 Å². The second-order valence-electron chi connectivity index (χ2n) is 6.80. The van der Waals surface area contributed by atoms with Crippen LogP contribution in [0.25, 0.3) is 16.9 Å². The van der Waals surface area contributed by atoms with Gasteiger partial charge in [-0.05, 0) is 18.9 Å². The van der Waals surface area contributed by atoms with Gasteiger partial charge in [0.1, 0.15) is 23.1 Å². The Balaban J connectivity index is 1.92. The standard InChI is InChI=1S/C20H23N5O3/c1-26-15-9-17(28-3)16(27-2)8-14(15)18-20(23-13-6-4-5-7-13)25-19(24-18)12(10-21)11-22-25/h8-9,11,13,22-23H,4-7H2,1-3H3. The Kier molecular flexibility index (Phi) is 4.74. The minimum absolute atomic E-state index is 0.374. The van der Waals surface area contributed by atoms with E-state index in [-0.39, 0.29) is 0 Å². The summed E-state index contributed by atoms with van der Waals surface area (Å²) in [6, 6.07) is 6.20. The van der Waals surface area contributed by atoms with Crippen molar-refractivity contribution in [2.75, 3.05) is 26.6 Å². The quantitative estimate of drug-likeness (QED) is 0.677. The Morgan fingerprint density at radius 2 is 1.79 bits per heavy atom. The molecule has 1 saturated carbocycles. The Morgan fingerprint density at radius 3 is 2.43 bits per heavy atom. The zero-order valence-electron chi connectivity index (χ0n) is 16.2. The Bertz CT molecular complexity index is 1040. The van der Waals surface area contributed by atoms with Gasteiger partial charge >= 0.3 is 0 Å². The van der Waals surface area contributed by atoms with Gasteiger partial charge in [0, 0.05) is 18.3 Å². The fourth-order valence-corrected chi connectivity index (χ4v) is 3.80. The highest BCUT2D eigenvalue weighted by Crippen LogP contribution is 2.43. The molecule has 1 aliphatic rings. The molecule has 0 amide bonds. The molecule has 0 radical (unpaired) electrons. The molecule has 0 atom stereocenters. The zero-order valence-corrected chi connectivity index (χ0v) is 16.2. The van der Waals surface area contributed by atoms with Crippen LogP contribution in [-0.2, 0) is 0 Å². The Hall–Kier alpha value is -3.34. The van der Waals surface area contributed by atoms with Crippen molar-refractivity contribution >= 4 is 11.5 Å². The maximum Gasteiger partial charge on any atom is 0.173 e. The van der Waals surface area contributed by atoms with Gasteiger partial charge in [0.25, 0.3) is 0 Å². The van der Waals surface area contributed by atoms with E-state index in [1.807, 2.05) is 10.6 Å². The molecule has 2 N–H and O–H groups in total. The van der Waals surface area contributed by atoms with Crippen molar-refractivity contribution in [3.05, 3.63) is 23.9 Å². The summed E-state index contributed by atoms with van der Waals surface area (Å²) in [5.41, 5.74) is 2.53. The molecule has 2 heterocycles. The van der Waals surface area contributed by atoms with E-state index < -0.39 is 0 Å². The molecule has 8 heteroatoms. The summed E-state index contributed by atoms with van der Waals surface area (Å²) in [7, 11) is 4.79. The number of imidazole rings is 1. The molecule has 0 saturated heterocycles. The number of fused-ring (bicyclic) bond motifs is 1. The van der Waals surface area contributed by atoms with Crippen LogP contribution in [0.5, 0.6) is 17.2 Å². The maximum atomic E-state index is 9.43. The lowest BCUT2D eigenvalue weighted by atomic mass is 10.1. The maximum absolute atomic E-state index is 9.43. The number of aromatic nitrogens is 3. The van der Waals surface area contributed by atoms with Crippen molar-refractivity contribution in [3.8, 4) is 34.6 Å².